The highest BCUT2D eigenvalue weighted by atomic mass is 32.1. The van der Waals surface area contributed by atoms with Crippen molar-refractivity contribution in [3.63, 3.8) is 0 Å². The molecule has 0 aliphatic carbocycles. The Morgan fingerprint density at radius 3 is 1.51 bits per heavy atom. The Morgan fingerprint density at radius 2 is 1.07 bits per heavy atom. The second-order valence-corrected chi connectivity index (χ2v) is 17.5. The third-order valence-corrected chi connectivity index (χ3v) is 12.5. The Hall–Kier alpha value is -6.48. The second-order valence-electron chi connectivity index (χ2n) is 15.4. The van der Waals surface area contributed by atoms with Crippen LogP contribution in [0.1, 0.15) is 83.0 Å². The van der Waals surface area contributed by atoms with Crippen LogP contribution in [0, 0.1) is 13.8 Å². The van der Waals surface area contributed by atoms with Crippen LogP contribution in [0.5, 0.6) is 0 Å². The van der Waals surface area contributed by atoms with Gasteiger partial charge in [-0.1, -0.05) is 129 Å². The molecule has 8 aromatic rings. The zero-order chi connectivity index (χ0) is 43.6. The lowest BCUT2D eigenvalue weighted by atomic mass is 9.86. The summed E-state index contributed by atoms with van der Waals surface area (Å²) in [5.74, 6) is 0.976. The molecule has 8 rings (SSSR count). The van der Waals surface area contributed by atoms with Crippen LogP contribution >= 0.6 is 22.7 Å². The number of carboxylic acid groups (broad SMARTS) is 1. The smallest absolute Gasteiger partial charge is 0.335 e. The van der Waals surface area contributed by atoms with Crippen LogP contribution in [-0.2, 0) is 10.8 Å². The Kier molecular flexibility index (Phi) is 14.3. The number of aromatic carboxylic acids is 1. The number of carbonyl (C=O) groups is 2. The molecule has 0 radical (unpaired) electrons. The van der Waals surface area contributed by atoms with E-state index in [9.17, 15) is 9.59 Å². The van der Waals surface area contributed by atoms with E-state index in [4.69, 9.17) is 19.9 Å². The molecular weight excluding hydrogens is 807 g/mol. The predicted octanol–water partition coefficient (Wildman–Crippen LogP) is 10.9. The average Bonchev–Trinajstić information content (AvgIpc) is 4.13. The summed E-state index contributed by atoms with van der Waals surface area (Å²) in [5, 5.41) is 18.6. The molecule has 0 unspecified atom stereocenters. The van der Waals surface area contributed by atoms with E-state index in [-0.39, 0.29) is 22.2 Å². The van der Waals surface area contributed by atoms with Crippen molar-refractivity contribution in [1.82, 2.24) is 30.2 Å². The van der Waals surface area contributed by atoms with Gasteiger partial charge in [-0.25, -0.2) is 14.8 Å². The van der Waals surface area contributed by atoms with Gasteiger partial charge < -0.3 is 19.9 Å². The van der Waals surface area contributed by atoms with Gasteiger partial charge >= 0.3 is 5.97 Å². The number of Topliss-reactive ketones (excluding diaryl/α,β-unsaturated/α-hetero) is 1. The highest BCUT2D eigenvalue weighted by Crippen LogP contribution is 2.36. The van der Waals surface area contributed by atoms with Crippen LogP contribution < -0.4 is 5.73 Å². The van der Waals surface area contributed by atoms with E-state index in [2.05, 4.69) is 82.2 Å². The summed E-state index contributed by atoms with van der Waals surface area (Å²) in [6.45, 7) is 12.6. The third kappa shape index (κ3) is 11.6. The fraction of sp³-hybridized carbons (Fsp3) is 0.234. The van der Waals surface area contributed by atoms with E-state index in [1.807, 2.05) is 73.1 Å². The molecule has 3 N–H and O–H groups in total. The molecule has 0 atom stereocenters. The Morgan fingerprint density at radius 1 is 0.623 bits per heavy atom. The Balaban J connectivity index is 0.000000169. The van der Waals surface area contributed by atoms with E-state index in [0.717, 1.165) is 26.9 Å². The number of carboxylic acids is 1. The van der Waals surface area contributed by atoms with Crippen LogP contribution in [0.3, 0.4) is 0 Å². The number of thiazole rings is 2. The minimum absolute atomic E-state index is 0.0301. The van der Waals surface area contributed by atoms with Crippen molar-refractivity contribution in [2.24, 2.45) is 5.73 Å². The number of aryl methyl sites for hydroxylation is 2. The number of rotatable bonds is 12. The molecule has 0 saturated heterocycles. The lowest BCUT2D eigenvalue weighted by Gasteiger charge is -2.21. The van der Waals surface area contributed by atoms with Crippen molar-refractivity contribution in [2.45, 2.75) is 65.2 Å². The summed E-state index contributed by atoms with van der Waals surface area (Å²) < 4.78 is 9.85. The van der Waals surface area contributed by atoms with E-state index in [1.54, 1.807) is 48.7 Å². The number of nitrogens with zero attached hydrogens (tertiary/aromatic N) is 6. The number of hydrogen-bond acceptors (Lipinski definition) is 13. The first-order chi connectivity index (χ1) is 29.2. The molecule has 0 spiro atoms. The maximum atomic E-state index is 12.9. The van der Waals surface area contributed by atoms with Gasteiger partial charge in [0.25, 0.3) is 0 Å². The van der Waals surface area contributed by atoms with E-state index < -0.39 is 5.97 Å². The highest BCUT2D eigenvalue weighted by Gasteiger charge is 2.26. The van der Waals surface area contributed by atoms with E-state index in [1.165, 1.54) is 28.1 Å². The summed E-state index contributed by atoms with van der Waals surface area (Å²) in [5.41, 5.74) is 10.2. The van der Waals surface area contributed by atoms with Crippen molar-refractivity contribution in [1.29, 1.82) is 0 Å². The molecule has 0 fully saturated rings. The number of nitrogens with two attached hydrogens (primary N) is 1. The van der Waals surface area contributed by atoms with Crippen molar-refractivity contribution < 1.29 is 23.7 Å². The van der Waals surface area contributed by atoms with Crippen LogP contribution in [0.15, 0.2) is 131 Å². The first kappa shape index (κ1) is 44.1. The lowest BCUT2D eigenvalue weighted by Crippen LogP contribution is -2.27. The topological polar surface area (TPSA) is 184 Å². The number of ketones is 1. The van der Waals surface area contributed by atoms with Crippen LogP contribution in [-0.4, -0.2) is 53.7 Å². The molecule has 4 heterocycles. The molecule has 0 amide bonds. The monoisotopic (exact) mass is 853 g/mol. The fourth-order valence-corrected chi connectivity index (χ4v) is 7.95. The molecule has 4 aromatic carbocycles. The van der Waals surface area contributed by atoms with Gasteiger partial charge in [-0.15, -0.1) is 22.7 Å². The average molecular weight is 854 g/mol. The van der Waals surface area contributed by atoms with Gasteiger partial charge in [-0.3, -0.25) is 4.79 Å². The Bertz CT molecular complexity index is 2680. The molecule has 4 aromatic heterocycles. The Labute approximate surface area is 362 Å². The molecule has 0 aliphatic rings. The van der Waals surface area contributed by atoms with Gasteiger partial charge in [0, 0.05) is 66.7 Å². The molecular formula is C47H47N7O5S2. The number of carbonyl (C=O) groups excluding carboxylic acids is 1. The first-order valence-corrected chi connectivity index (χ1v) is 21.2. The summed E-state index contributed by atoms with van der Waals surface area (Å²) in [7, 11) is 0. The molecule has 0 bridgehead atoms. The van der Waals surface area contributed by atoms with E-state index in [0.29, 0.717) is 47.5 Å². The summed E-state index contributed by atoms with van der Waals surface area (Å²) in [4.78, 5) is 43.3. The van der Waals surface area contributed by atoms with Gasteiger partial charge in [-0.2, -0.15) is 9.97 Å². The van der Waals surface area contributed by atoms with Gasteiger partial charge in [0.2, 0.25) is 23.4 Å². The number of benzene rings is 4. The SMILES string of the molecule is CC(C)(CN)c1ncc(-c2ccccc2)s1.Cc1nc(-c2cccc(C(=O)CCC(C)(C)c3ncc(-c4ccccc4)s3)c2)no1.Cc1nc(-c2cccc(C(=O)O)c2)no1. The zero-order valence-electron chi connectivity index (χ0n) is 34.8. The standard InChI is InChI=1S/C24H23N3O2S.C13H16N2S.C10H8N2O3/c1-16-26-22(27-29-16)19-11-7-10-18(14-19)20(28)12-13-24(2,3)23-25-15-21(30-23)17-8-5-4-6-9-17;1-13(2,9-14)12-15-8-11(16-12)10-6-4-3-5-7-10;1-6-11-9(12-15-6)7-3-2-4-8(5-7)10(13)14/h4-11,14-15H,12-13H2,1-3H3;3-8H,9,14H2,1-2H3;2-5H,1H3,(H,13,14). The van der Waals surface area contributed by atoms with Crippen molar-refractivity contribution >= 4 is 34.4 Å². The zero-order valence-corrected chi connectivity index (χ0v) is 36.5. The number of hydrogen-bond donors (Lipinski definition) is 2. The van der Waals surface area contributed by atoms with Gasteiger partial charge in [0.05, 0.1) is 25.3 Å². The van der Waals surface area contributed by atoms with Crippen LogP contribution in [0.2, 0.25) is 0 Å². The maximum Gasteiger partial charge on any atom is 0.335 e. The number of aromatic nitrogens is 6. The first-order valence-electron chi connectivity index (χ1n) is 19.5. The molecule has 0 aliphatic heterocycles. The van der Waals surface area contributed by atoms with Crippen molar-refractivity contribution in [3.05, 3.63) is 155 Å². The quantitative estimate of drug-likeness (QED) is 0.111. The second kappa shape index (κ2) is 19.7. The van der Waals surface area contributed by atoms with Gasteiger partial charge in [0.15, 0.2) is 5.78 Å². The van der Waals surface area contributed by atoms with Crippen molar-refractivity contribution in [2.75, 3.05) is 6.54 Å². The fourth-order valence-electron chi connectivity index (χ4n) is 5.87. The minimum Gasteiger partial charge on any atom is -0.478 e. The predicted molar refractivity (Wildman–Crippen MR) is 240 cm³/mol. The summed E-state index contributed by atoms with van der Waals surface area (Å²) in [6.07, 6.45) is 5.03. The minimum atomic E-state index is -0.975. The van der Waals surface area contributed by atoms with Crippen LogP contribution in [0.25, 0.3) is 43.7 Å². The molecule has 12 nitrogen and oxygen atoms in total. The maximum absolute atomic E-state index is 12.9. The molecule has 61 heavy (non-hydrogen) atoms. The lowest BCUT2D eigenvalue weighted by molar-refractivity contribution is 0.0696. The van der Waals surface area contributed by atoms with Crippen LogP contribution in [0.4, 0.5) is 0 Å². The van der Waals surface area contributed by atoms with Crippen molar-refractivity contribution in [3.8, 4) is 43.7 Å². The van der Waals surface area contributed by atoms with Gasteiger partial charge in [0.1, 0.15) is 0 Å². The molecule has 14 heteroatoms. The summed E-state index contributed by atoms with van der Waals surface area (Å²) in [6, 6.07) is 34.4. The molecule has 0 saturated carbocycles. The van der Waals surface area contributed by atoms with Gasteiger partial charge in [-0.05, 0) is 35.7 Å². The highest BCUT2D eigenvalue weighted by molar-refractivity contribution is 7.15. The van der Waals surface area contributed by atoms with E-state index >= 15 is 0 Å². The summed E-state index contributed by atoms with van der Waals surface area (Å²) >= 11 is 3.42. The largest absolute Gasteiger partial charge is 0.478 e. The molecule has 312 valence electrons. The normalized spacial score (nSPS) is 11.3. The third-order valence-electron chi connectivity index (χ3n) is 9.64.